The van der Waals surface area contributed by atoms with Crippen LogP contribution in [0.4, 0.5) is 14.9 Å². The first-order chi connectivity index (χ1) is 16.2. The molecule has 0 saturated carbocycles. The Morgan fingerprint density at radius 3 is 2.40 bits per heavy atom. The average molecular weight is 507 g/mol. The second-order valence-corrected chi connectivity index (χ2v) is 14.9. The van der Waals surface area contributed by atoms with Crippen molar-refractivity contribution >= 4 is 20.1 Å². The van der Waals surface area contributed by atoms with E-state index in [1.165, 1.54) is 18.0 Å². The van der Waals surface area contributed by atoms with Gasteiger partial charge in [0.2, 0.25) is 0 Å². The van der Waals surface area contributed by atoms with Gasteiger partial charge in [0.25, 0.3) is 5.69 Å². The van der Waals surface area contributed by atoms with Gasteiger partial charge in [-0.05, 0) is 30.6 Å². The first-order valence-corrected chi connectivity index (χ1v) is 14.3. The summed E-state index contributed by atoms with van der Waals surface area (Å²) in [6.07, 6.45) is -1.17. The van der Waals surface area contributed by atoms with Crippen LogP contribution in [0.1, 0.15) is 38.8 Å². The molecule has 0 bridgehead atoms. The number of benzene rings is 2. The van der Waals surface area contributed by atoms with Crippen molar-refractivity contribution in [1.82, 2.24) is 4.90 Å². The van der Waals surface area contributed by atoms with Crippen LogP contribution in [0.5, 0.6) is 5.75 Å². The molecule has 1 amide bonds. The molecule has 0 heterocycles. The molecule has 0 spiro atoms. The summed E-state index contributed by atoms with van der Waals surface area (Å²) in [5, 5.41) is 11.3. The van der Waals surface area contributed by atoms with E-state index in [1.807, 2.05) is 30.3 Å². The number of ether oxygens (including phenoxy) is 2. The maximum atomic E-state index is 14.9. The lowest BCUT2D eigenvalue weighted by atomic mass is 10.1. The average Bonchev–Trinajstić information content (AvgIpc) is 2.77. The molecule has 2 aromatic carbocycles. The highest BCUT2D eigenvalue weighted by molar-refractivity contribution is 6.74. The van der Waals surface area contributed by atoms with Crippen molar-refractivity contribution in [3.63, 3.8) is 0 Å². The lowest BCUT2D eigenvalue weighted by Gasteiger charge is -2.37. The normalized spacial score (nSPS) is 12.7. The number of halogens is 1. The van der Waals surface area contributed by atoms with Crippen LogP contribution < -0.4 is 4.74 Å². The summed E-state index contributed by atoms with van der Waals surface area (Å²) in [5.41, 5.74) is 0.548. The molecule has 0 radical (unpaired) electrons. The zero-order valence-corrected chi connectivity index (χ0v) is 22.5. The number of amides is 1. The van der Waals surface area contributed by atoms with Gasteiger partial charge in [0.15, 0.2) is 19.9 Å². The summed E-state index contributed by atoms with van der Waals surface area (Å²) in [4.78, 5) is 24.3. The van der Waals surface area contributed by atoms with E-state index in [-0.39, 0.29) is 36.1 Å². The molecule has 10 heteroatoms. The minimum Gasteiger partial charge on any atom is -0.485 e. The van der Waals surface area contributed by atoms with Crippen LogP contribution >= 0.6 is 0 Å². The summed E-state index contributed by atoms with van der Waals surface area (Å²) in [6, 6.07) is 11.2. The van der Waals surface area contributed by atoms with Crippen LogP contribution in [0, 0.1) is 15.9 Å². The van der Waals surface area contributed by atoms with Crippen molar-refractivity contribution in [2.45, 2.75) is 65.1 Å². The molecular formula is C25H35FN2O6Si. The second kappa shape index (κ2) is 11.6. The number of carbonyl (C=O) groups excluding carboxylic acids is 1. The highest BCUT2D eigenvalue weighted by atomic mass is 28.4. The molecule has 2 rings (SSSR count). The van der Waals surface area contributed by atoms with Crippen molar-refractivity contribution in [2.24, 2.45) is 0 Å². The van der Waals surface area contributed by atoms with Crippen LogP contribution in [0.2, 0.25) is 18.1 Å². The summed E-state index contributed by atoms with van der Waals surface area (Å²) < 4.78 is 32.2. The van der Waals surface area contributed by atoms with E-state index in [9.17, 15) is 19.3 Å². The van der Waals surface area contributed by atoms with E-state index < -0.39 is 36.9 Å². The Bertz CT molecular complexity index is 1030. The summed E-state index contributed by atoms with van der Waals surface area (Å²) in [5.74, 6) is -1.02. The van der Waals surface area contributed by atoms with Crippen molar-refractivity contribution in [3.05, 3.63) is 69.5 Å². The molecule has 0 N–H and O–H groups in total. The number of non-ortho nitro benzene ring substituents is 1. The summed E-state index contributed by atoms with van der Waals surface area (Å²) >= 11 is 0. The molecule has 0 aromatic heterocycles. The molecule has 0 aliphatic carbocycles. The molecule has 0 saturated heterocycles. The fourth-order valence-electron chi connectivity index (χ4n) is 2.92. The minimum absolute atomic E-state index is 0.000682. The standard InChI is InChI=1S/C25H35FN2O6Si/c1-18(16-33-35(6,7)25(2,3)4)34-23-20(13-21(28(30)31)14-22(23)26)15-27(5)24(29)32-17-19-11-9-8-10-12-19/h8-14,18H,15-17H2,1-7H3/t18-/m0/s1. The van der Waals surface area contributed by atoms with Gasteiger partial charge in [-0.3, -0.25) is 10.1 Å². The Morgan fingerprint density at radius 1 is 1.20 bits per heavy atom. The van der Waals surface area contributed by atoms with Gasteiger partial charge in [0.1, 0.15) is 12.7 Å². The third-order valence-electron chi connectivity index (χ3n) is 6.04. The molecule has 8 nitrogen and oxygen atoms in total. The van der Waals surface area contributed by atoms with Gasteiger partial charge in [-0.15, -0.1) is 0 Å². The van der Waals surface area contributed by atoms with E-state index in [1.54, 1.807) is 6.92 Å². The molecule has 2 aromatic rings. The van der Waals surface area contributed by atoms with Gasteiger partial charge < -0.3 is 18.8 Å². The zero-order chi connectivity index (χ0) is 26.4. The SMILES string of the molecule is C[C@@H](CO[Si](C)(C)C(C)(C)C)Oc1c(F)cc([N+](=O)[O-])cc1CN(C)C(=O)OCc1ccccc1. The number of nitrogens with zero attached hydrogens (tertiary/aromatic N) is 2. The molecule has 192 valence electrons. The number of nitro groups is 1. The Balaban J connectivity index is 2.16. The smallest absolute Gasteiger partial charge is 0.410 e. The van der Waals surface area contributed by atoms with Crippen LogP contribution in [-0.2, 0) is 22.3 Å². The Kier molecular flexibility index (Phi) is 9.39. The Hall–Kier alpha value is -2.98. The minimum atomic E-state index is -2.05. The topological polar surface area (TPSA) is 91.1 Å². The quantitative estimate of drug-likeness (QED) is 0.214. The molecule has 35 heavy (non-hydrogen) atoms. The van der Waals surface area contributed by atoms with Crippen molar-refractivity contribution < 1.29 is 28.0 Å². The maximum Gasteiger partial charge on any atom is 0.410 e. The van der Waals surface area contributed by atoms with E-state index >= 15 is 0 Å². The molecule has 0 fully saturated rings. The Morgan fingerprint density at radius 2 is 1.83 bits per heavy atom. The number of nitro benzene ring substituents is 1. The predicted octanol–water partition coefficient (Wildman–Crippen LogP) is 6.29. The number of hydrogen-bond donors (Lipinski definition) is 0. The molecular weight excluding hydrogens is 471 g/mol. The van der Waals surface area contributed by atoms with Crippen LogP contribution in [-0.4, -0.2) is 44.0 Å². The third kappa shape index (κ3) is 8.03. The van der Waals surface area contributed by atoms with E-state index in [0.29, 0.717) is 0 Å². The maximum absolute atomic E-state index is 14.9. The summed E-state index contributed by atoms with van der Waals surface area (Å²) in [6.45, 7) is 12.5. The van der Waals surface area contributed by atoms with Gasteiger partial charge >= 0.3 is 6.09 Å². The fraction of sp³-hybridized carbons (Fsp3) is 0.480. The highest BCUT2D eigenvalue weighted by Gasteiger charge is 2.37. The largest absolute Gasteiger partial charge is 0.485 e. The lowest BCUT2D eigenvalue weighted by molar-refractivity contribution is -0.385. The number of rotatable bonds is 10. The van der Waals surface area contributed by atoms with Crippen molar-refractivity contribution in [1.29, 1.82) is 0 Å². The van der Waals surface area contributed by atoms with Gasteiger partial charge in [-0.25, -0.2) is 9.18 Å². The van der Waals surface area contributed by atoms with E-state index in [4.69, 9.17) is 13.9 Å². The second-order valence-electron chi connectivity index (χ2n) is 10.1. The van der Waals surface area contributed by atoms with Crippen molar-refractivity contribution in [2.75, 3.05) is 13.7 Å². The Labute approximate surface area is 207 Å². The van der Waals surface area contributed by atoms with Gasteiger partial charge in [-0.1, -0.05) is 51.1 Å². The molecule has 0 aliphatic heterocycles. The first kappa shape index (κ1) is 28.3. The van der Waals surface area contributed by atoms with Crippen LogP contribution in [0.25, 0.3) is 0 Å². The van der Waals surface area contributed by atoms with E-state index in [2.05, 4.69) is 33.9 Å². The van der Waals surface area contributed by atoms with Gasteiger partial charge in [0, 0.05) is 18.7 Å². The number of hydrogen-bond acceptors (Lipinski definition) is 6. The first-order valence-electron chi connectivity index (χ1n) is 11.4. The number of carbonyl (C=O) groups is 1. The fourth-order valence-corrected chi connectivity index (χ4v) is 4.00. The summed E-state index contributed by atoms with van der Waals surface area (Å²) in [7, 11) is -0.577. The lowest BCUT2D eigenvalue weighted by Crippen LogP contribution is -2.43. The highest BCUT2D eigenvalue weighted by Crippen LogP contribution is 2.37. The molecule has 1 atom stereocenters. The van der Waals surface area contributed by atoms with E-state index in [0.717, 1.165) is 11.6 Å². The van der Waals surface area contributed by atoms with Crippen LogP contribution in [0.3, 0.4) is 0 Å². The van der Waals surface area contributed by atoms with Gasteiger partial charge in [-0.2, -0.15) is 0 Å². The molecule has 0 unspecified atom stereocenters. The van der Waals surface area contributed by atoms with Gasteiger partial charge in [0.05, 0.1) is 24.1 Å². The molecule has 0 aliphatic rings. The van der Waals surface area contributed by atoms with Crippen LogP contribution in [0.15, 0.2) is 42.5 Å². The monoisotopic (exact) mass is 506 g/mol. The predicted molar refractivity (Wildman–Crippen MR) is 134 cm³/mol. The van der Waals surface area contributed by atoms with Crippen molar-refractivity contribution in [3.8, 4) is 5.75 Å². The third-order valence-corrected chi connectivity index (χ3v) is 10.5. The zero-order valence-electron chi connectivity index (χ0n) is 21.5.